The van der Waals surface area contributed by atoms with Gasteiger partial charge in [0.25, 0.3) is 6.43 Å². The number of halogens is 2. The van der Waals surface area contributed by atoms with Crippen LogP contribution in [0.4, 0.5) is 8.78 Å². The molecule has 1 aliphatic heterocycles. The van der Waals surface area contributed by atoms with Gasteiger partial charge in [-0.3, -0.25) is 0 Å². The topological polar surface area (TPSA) is 35.2 Å². The zero-order valence-electron chi connectivity index (χ0n) is 7.22. The van der Waals surface area contributed by atoms with E-state index in [2.05, 4.69) is 0 Å². The van der Waals surface area contributed by atoms with Crippen molar-refractivity contribution < 1.29 is 13.5 Å². The lowest BCUT2D eigenvalue weighted by molar-refractivity contribution is -0.0341. The van der Waals surface area contributed by atoms with Gasteiger partial charge in [0.15, 0.2) is 0 Å². The summed E-state index contributed by atoms with van der Waals surface area (Å²) in [5.74, 6) is -0.203. The Kier molecular flexibility index (Phi) is 3.01. The minimum Gasteiger partial charge on any atom is -0.381 e. The molecule has 1 fully saturated rings. The van der Waals surface area contributed by atoms with Gasteiger partial charge in [-0.1, -0.05) is 0 Å². The summed E-state index contributed by atoms with van der Waals surface area (Å²) in [4.78, 5) is 0. The second-order valence-corrected chi connectivity index (χ2v) is 3.58. The van der Waals surface area contributed by atoms with E-state index in [1.54, 1.807) is 0 Å². The van der Waals surface area contributed by atoms with E-state index in [-0.39, 0.29) is 5.92 Å². The quantitative estimate of drug-likeness (QED) is 0.695. The Bertz CT molecular complexity index is 144. The van der Waals surface area contributed by atoms with Crippen molar-refractivity contribution in [1.82, 2.24) is 0 Å². The van der Waals surface area contributed by atoms with Gasteiger partial charge in [0, 0.05) is 12.5 Å². The van der Waals surface area contributed by atoms with Crippen LogP contribution in [0.1, 0.15) is 19.8 Å². The highest BCUT2D eigenvalue weighted by atomic mass is 19.3. The van der Waals surface area contributed by atoms with Crippen LogP contribution >= 0.6 is 0 Å². The standard InChI is InChI=1S/C8H15F2NO/c1-8(11,7(9)10)6-3-2-4-12-5-6/h6-7H,2-5,11H2,1H3. The maximum absolute atomic E-state index is 12.4. The van der Waals surface area contributed by atoms with Gasteiger partial charge in [0.2, 0.25) is 0 Å². The fraction of sp³-hybridized carbons (Fsp3) is 1.00. The third-order valence-corrected chi connectivity index (χ3v) is 2.51. The summed E-state index contributed by atoms with van der Waals surface area (Å²) in [5, 5.41) is 0. The Morgan fingerprint density at radius 2 is 2.25 bits per heavy atom. The Morgan fingerprint density at radius 1 is 1.58 bits per heavy atom. The monoisotopic (exact) mass is 179 g/mol. The van der Waals surface area contributed by atoms with Gasteiger partial charge in [-0.25, -0.2) is 8.78 Å². The number of hydrogen-bond donors (Lipinski definition) is 1. The molecule has 4 heteroatoms. The van der Waals surface area contributed by atoms with Crippen LogP contribution in [0.2, 0.25) is 0 Å². The molecule has 0 aliphatic carbocycles. The zero-order valence-corrected chi connectivity index (χ0v) is 7.22. The van der Waals surface area contributed by atoms with Crippen LogP contribution in [0, 0.1) is 5.92 Å². The molecular weight excluding hydrogens is 164 g/mol. The first-order chi connectivity index (χ1) is 5.55. The molecule has 72 valence electrons. The molecule has 1 saturated heterocycles. The molecule has 2 N–H and O–H groups in total. The largest absolute Gasteiger partial charge is 0.381 e. The second-order valence-electron chi connectivity index (χ2n) is 3.58. The summed E-state index contributed by atoms with van der Waals surface area (Å²) in [5.41, 5.74) is 4.12. The molecule has 1 rings (SSSR count). The van der Waals surface area contributed by atoms with Crippen LogP contribution in [0.15, 0.2) is 0 Å². The Labute approximate surface area is 71.1 Å². The number of hydrogen-bond acceptors (Lipinski definition) is 2. The molecule has 12 heavy (non-hydrogen) atoms. The van der Waals surface area contributed by atoms with Crippen molar-refractivity contribution in [3.8, 4) is 0 Å². The molecule has 1 aliphatic rings. The highest BCUT2D eigenvalue weighted by molar-refractivity contribution is 4.90. The molecule has 0 aromatic carbocycles. The van der Waals surface area contributed by atoms with Crippen LogP contribution in [-0.2, 0) is 4.74 Å². The number of alkyl halides is 2. The summed E-state index contributed by atoms with van der Waals surface area (Å²) in [6.07, 6.45) is -0.883. The van der Waals surface area contributed by atoms with E-state index >= 15 is 0 Å². The fourth-order valence-electron chi connectivity index (χ4n) is 1.41. The van der Waals surface area contributed by atoms with Crippen molar-refractivity contribution >= 4 is 0 Å². The molecule has 0 spiro atoms. The Hall–Kier alpha value is -0.220. The molecule has 0 saturated carbocycles. The number of ether oxygens (including phenoxy) is 1. The summed E-state index contributed by atoms with van der Waals surface area (Å²) >= 11 is 0. The highest BCUT2D eigenvalue weighted by Crippen LogP contribution is 2.28. The lowest BCUT2D eigenvalue weighted by Crippen LogP contribution is -2.53. The van der Waals surface area contributed by atoms with Gasteiger partial charge in [-0.2, -0.15) is 0 Å². The third-order valence-electron chi connectivity index (χ3n) is 2.51. The number of rotatable bonds is 2. The van der Waals surface area contributed by atoms with Crippen LogP contribution in [0.5, 0.6) is 0 Å². The summed E-state index contributed by atoms with van der Waals surface area (Å²) in [6.45, 7) is 2.45. The molecule has 2 unspecified atom stereocenters. The van der Waals surface area contributed by atoms with Crippen LogP contribution in [0.25, 0.3) is 0 Å². The molecule has 0 aromatic rings. The van der Waals surface area contributed by atoms with Crippen LogP contribution < -0.4 is 5.73 Å². The average molecular weight is 179 g/mol. The van der Waals surface area contributed by atoms with Gasteiger partial charge in [0.05, 0.1) is 12.1 Å². The van der Waals surface area contributed by atoms with E-state index in [0.717, 1.165) is 12.8 Å². The molecule has 0 aromatic heterocycles. The first-order valence-electron chi connectivity index (χ1n) is 4.20. The van der Waals surface area contributed by atoms with Crippen molar-refractivity contribution in [3.63, 3.8) is 0 Å². The normalized spacial score (nSPS) is 30.2. The molecular formula is C8H15F2NO. The van der Waals surface area contributed by atoms with Gasteiger partial charge in [-0.15, -0.1) is 0 Å². The van der Waals surface area contributed by atoms with Crippen molar-refractivity contribution in [2.75, 3.05) is 13.2 Å². The Balaban J connectivity index is 2.53. The van der Waals surface area contributed by atoms with Crippen molar-refractivity contribution in [2.45, 2.75) is 31.7 Å². The summed E-state index contributed by atoms with van der Waals surface area (Å²) < 4.78 is 29.9. The number of nitrogens with two attached hydrogens (primary N) is 1. The van der Waals surface area contributed by atoms with Gasteiger partial charge in [-0.05, 0) is 19.8 Å². The predicted octanol–water partition coefficient (Wildman–Crippen LogP) is 1.40. The van der Waals surface area contributed by atoms with E-state index in [1.165, 1.54) is 6.92 Å². The molecule has 2 atom stereocenters. The smallest absolute Gasteiger partial charge is 0.256 e. The van der Waals surface area contributed by atoms with E-state index < -0.39 is 12.0 Å². The molecule has 0 amide bonds. The molecule has 1 heterocycles. The Morgan fingerprint density at radius 3 is 2.67 bits per heavy atom. The highest BCUT2D eigenvalue weighted by Gasteiger charge is 2.39. The minimum absolute atomic E-state index is 0.203. The van der Waals surface area contributed by atoms with E-state index in [4.69, 9.17) is 10.5 Å². The van der Waals surface area contributed by atoms with E-state index in [9.17, 15) is 8.78 Å². The van der Waals surface area contributed by atoms with E-state index in [1.807, 2.05) is 0 Å². The first kappa shape index (κ1) is 9.86. The minimum atomic E-state index is -2.47. The molecule has 0 bridgehead atoms. The zero-order chi connectivity index (χ0) is 9.19. The van der Waals surface area contributed by atoms with E-state index in [0.29, 0.717) is 13.2 Å². The predicted molar refractivity (Wildman–Crippen MR) is 42.1 cm³/mol. The molecule has 0 radical (unpaired) electrons. The van der Waals surface area contributed by atoms with Gasteiger partial charge < -0.3 is 10.5 Å². The molecule has 2 nitrogen and oxygen atoms in total. The van der Waals surface area contributed by atoms with Crippen LogP contribution in [-0.4, -0.2) is 25.2 Å². The van der Waals surface area contributed by atoms with Gasteiger partial charge in [0.1, 0.15) is 0 Å². The van der Waals surface area contributed by atoms with Crippen molar-refractivity contribution in [1.29, 1.82) is 0 Å². The van der Waals surface area contributed by atoms with Crippen molar-refractivity contribution in [3.05, 3.63) is 0 Å². The van der Waals surface area contributed by atoms with Crippen LogP contribution in [0.3, 0.4) is 0 Å². The maximum Gasteiger partial charge on any atom is 0.256 e. The second kappa shape index (κ2) is 3.66. The SMILES string of the molecule is CC(N)(C(F)F)C1CCCOC1. The lowest BCUT2D eigenvalue weighted by Gasteiger charge is -2.35. The average Bonchev–Trinajstić information content (AvgIpc) is 2.06. The summed E-state index contributed by atoms with van der Waals surface area (Å²) in [6, 6.07) is 0. The first-order valence-corrected chi connectivity index (χ1v) is 4.20. The fourth-order valence-corrected chi connectivity index (χ4v) is 1.41. The maximum atomic E-state index is 12.4. The summed E-state index contributed by atoms with van der Waals surface area (Å²) in [7, 11) is 0. The lowest BCUT2D eigenvalue weighted by atomic mass is 9.83. The van der Waals surface area contributed by atoms with Crippen molar-refractivity contribution in [2.24, 2.45) is 11.7 Å². The third kappa shape index (κ3) is 1.93. The van der Waals surface area contributed by atoms with Gasteiger partial charge >= 0.3 is 0 Å².